The minimum absolute atomic E-state index is 0.0700. The molecule has 0 aromatic heterocycles. The molecule has 2 fully saturated rings. The summed E-state index contributed by atoms with van der Waals surface area (Å²) in [5.41, 5.74) is -3.50. The van der Waals surface area contributed by atoms with Gasteiger partial charge in [-0.3, -0.25) is 4.18 Å². The summed E-state index contributed by atoms with van der Waals surface area (Å²) >= 11 is 0. The minimum atomic E-state index is -6.06. The van der Waals surface area contributed by atoms with Gasteiger partial charge < -0.3 is 28.4 Å². The van der Waals surface area contributed by atoms with Gasteiger partial charge in [0.15, 0.2) is 0 Å². The summed E-state index contributed by atoms with van der Waals surface area (Å²) < 4.78 is 106. The standard InChI is InChI=1S/C30H31F3O9S/c1-36-23-14-12-22(13-15-23)18-37-24-25-27(38-16-20-8-4-2-5-9-20)29(42-43(34,35)30(31,32)33)28(26(24)41-19-40-25)39-17-21-10-6-3-7-11-21/h2-15,24-29H,16-19H2,1H3/t24?,25-,26+,27+,28-,29?. The third kappa shape index (κ3) is 7.55. The van der Waals surface area contributed by atoms with Crippen molar-refractivity contribution in [2.75, 3.05) is 13.9 Å². The fourth-order valence-electron chi connectivity index (χ4n) is 5.02. The first-order valence-electron chi connectivity index (χ1n) is 13.4. The molecule has 1 saturated carbocycles. The van der Waals surface area contributed by atoms with Crippen molar-refractivity contribution in [1.29, 1.82) is 0 Å². The van der Waals surface area contributed by atoms with Crippen molar-refractivity contribution >= 4 is 10.1 Å². The summed E-state index contributed by atoms with van der Waals surface area (Å²) in [6.07, 6.45) is -7.49. The average Bonchev–Trinajstić information content (AvgIpc) is 3.00. The van der Waals surface area contributed by atoms with E-state index < -0.39 is 52.3 Å². The number of benzene rings is 3. The maximum absolute atomic E-state index is 13.6. The second-order valence-electron chi connectivity index (χ2n) is 9.99. The van der Waals surface area contributed by atoms with Gasteiger partial charge in [-0.05, 0) is 28.8 Å². The molecule has 2 unspecified atom stereocenters. The van der Waals surface area contributed by atoms with E-state index in [1.807, 2.05) is 0 Å². The molecule has 0 amide bonds. The molecule has 3 aromatic rings. The monoisotopic (exact) mass is 624 g/mol. The Hall–Kier alpha value is -3.04. The van der Waals surface area contributed by atoms with Crippen molar-refractivity contribution in [2.45, 2.75) is 62.0 Å². The number of hydrogen-bond donors (Lipinski definition) is 0. The summed E-state index contributed by atoms with van der Waals surface area (Å²) in [5, 5.41) is 0. The molecular weight excluding hydrogens is 593 g/mol. The first kappa shape index (κ1) is 31.4. The summed E-state index contributed by atoms with van der Waals surface area (Å²) in [6.45, 7) is -0.302. The van der Waals surface area contributed by atoms with Crippen LogP contribution in [0.4, 0.5) is 13.2 Å². The molecule has 6 atom stereocenters. The van der Waals surface area contributed by atoms with Crippen molar-refractivity contribution in [3.8, 4) is 5.75 Å². The maximum atomic E-state index is 13.6. The van der Waals surface area contributed by atoms with Crippen LogP contribution in [0.25, 0.3) is 0 Å². The van der Waals surface area contributed by atoms with Gasteiger partial charge in [-0.2, -0.15) is 21.6 Å². The van der Waals surface area contributed by atoms with Crippen LogP contribution >= 0.6 is 0 Å². The quantitative estimate of drug-likeness (QED) is 0.209. The first-order valence-corrected chi connectivity index (χ1v) is 14.9. The fourth-order valence-corrected chi connectivity index (χ4v) is 5.65. The van der Waals surface area contributed by atoms with E-state index >= 15 is 0 Å². The second-order valence-corrected chi connectivity index (χ2v) is 11.6. The maximum Gasteiger partial charge on any atom is 0.523 e. The Morgan fingerprint density at radius 1 is 0.674 bits per heavy atom. The Bertz CT molecular complexity index is 1350. The van der Waals surface area contributed by atoms with E-state index in [1.165, 1.54) is 0 Å². The number of halogens is 3. The van der Waals surface area contributed by atoms with Gasteiger partial charge >= 0.3 is 15.6 Å². The number of methoxy groups -OCH3 is 1. The Kier molecular flexibility index (Phi) is 10.0. The summed E-state index contributed by atoms with van der Waals surface area (Å²) in [7, 11) is -4.52. The molecule has 1 aliphatic carbocycles. The minimum Gasteiger partial charge on any atom is -0.497 e. The SMILES string of the molecule is COc1ccc(COC2[C@H]3OCO[C@@H]2[C@@H](OCc2ccccc2)C(OS(=O)(=O)C(F)(F)F)[C@H]3OCc2ccccc2)cc1. The lowest BCUT2D eigenvalue weighted by Crippen LogP contribution is -2.70. The fraction of sp³-hybridized carbons (Fsp3) is 0.400. The lowest BCUT2D eigenvalue weighted by atomic mass is 9.83. The van der Waals surface area contributed by atoms with E-state index in [-0.39, 0.29) is 26.6 Å². The molecule has 43 heavy (non-hydrogen) atoms. The molecule has 2 bridgehead atoms. The molecular formula is C30H31F3O9S. The van der Waals surface area contributed by atoms with Gasteiger partial charge in [0.05, 0.1) is 26.9 Å². The molecule has 1 heterocycles. The third-order valence-electron chi connectivity index (χ3n) is 7.16. The van der Waals surface area contributed by atoms with Crippen molar-refractivity contribution in [3.05, 3.63) is 102 Å². The van der Waals surface area contributed by atoms with Crippen LogP contribution in [-0.2, 0) is 57.8 Å². The Labute approximate surface area is 247 Å². The number of alkyl halides is 3. The molecule has 9 nitrogen and oxygen atoms in total. The topological polar surface area (TPSA) is 98.8 Å². The van der Waals surface area contributed by atoms with E-state index in [9.17, 15) is 21.6 Å². The Balaban J connectivity index is 1.48. The molecule has 0 spiro atoms. The Morgan fingerprint density at radius 2 is 1.12 bits per heavy atom. The molecule has 13 heteroatoms. The summed E-state index contributed by atoms with van der Waals surface area (Å²) in [5.74, 6) is 0.652. The van der Waals surface area contributed by atoms with Gasteiger partial charge in [0, 0.05) is 0 Å². The number of rotatable bonds is 12. The first-order chi connectivity index (χ1) is 20.7. The third-order valence-corrected chi connectivity index (χ3v) is 8.20. The highest BCUT2D eigenvalue weighted by atomic mass is 32.2. The summed E-state index contributed by atoms with van der Waals surface area (Å²) in [6, 6.07) is 24.9. The van der Waals surface area contributed by atoms with Crippen LogP contribution in [-0.4, -0.2) is 64.5 Å². The zero-order chi connectivity index (χ0) is 30.5. The summed E-state index contributed by atoms with van der Waals surface area (Å²) in [4.78, 5) is 0. The largest absolute Gasteiger partial charge is 0.523 e. The molecule has 0 radical (unpaired) electrons. The average molecular weight is 625 g/mol. The lowest BCUT2D eigenvalue weighted by molar-refractivity contribution is -0.336. The predicted molar refractivity (Wildman–Crippen MR) is 146 cm³/mol. The van der Waals surface area contributed by atoms with Gasteiger partial charge in [0.2, 0.25) is 0 Å². The second kappa shape index (κ2) is 13.7. The van der Waals surface area contributed by atoms with E-state index in [1.54, 1.807) is 92.0 Å². The van der Waals surface area contributed by atoms with Crippen molar-refractivity contribution < 1.29 is 54.2 Å². The van der Waals surface area contributed by atoms with Gasteiger partial charge in [0.25, 0.3) is 0 Å². The highest BCUT2D eigenvalue weighted by Gasteiger charge is 2.60. The van der Waals surface area contributed by atoms with Crippen LogP contribution in [0.15, 0.2) is 84.9 Å². The Morgan fingerprint density at radius 3 is 1.56 bits per heavy atom. The molecule has 2 aliphatic rings. The van der Waals surface area contributed by atoms with Crippen LogP contribution in [0.2, 0.25) is 0 Å². The normalized spacial score (nSPS) is 25.8. The highest BCUT2D eigenvalue weighted by molar-refractivity contribution is 7.87. The highest BCUT2D eigenvalue weighted by Crippen LogP contribution is 2.40. The molecule has 0 N–H and O–H groups in total. The van der Waals surface area contributed by atoms with Crippen LogP contribution in [0.3, 0.4) is 0 Å². The van der Waals surface area contributed by atoms with Crippen molar-refractivity contribution in [3.63, 3.8) is 0 Å². The molecule has 5 rings (SSSR count). The molecule has 232 valence electrons. The molecule has 1 aliphatic heterocycles. The smallest absolute Gasteiger partial charge is 0.497 e. The van der Waals surface area contributed by atoms with Crippen molar-refractivity contribution in [2.24, 2.45) is 0 Å². The van der Waals surface area contributed by atoms with Crippen LogP contribution in [0.1, 0.15) is 16.7 Å². The van der Waals surface area contributed by atoms with Crippen LogP contribution in [0, 0.1) is 0 Å². The van der Waals surface area contributed by atoms with E-state index in [0.29, 0.717) is 16.9 Å². The van der Waals surface area contributed by atoms with Gasteiger partial charge in [-0.15, -0.1) is 0 Å². The van der Waals surface area contributed by atoms with Gasteiger partial charge in [0.1, 0.15) is 49.2 Å². The lowest BCUT2D eigenvalue weighted by Gasteiger charge is -2.51. The molecule has 1 saturated heterocycles. The molecule has 3 aromatic carbocycles. The number of hydrogen-bond acceptors (Lipinski definition) is 9. The van der Waals surface area contributed by atoms with E-state index in [2.05, 4.69) is 0 Å². The van der Waals surface area contributed by atoms with E-state index in [4.69, 9.17) is 32.6 Å². The van der Waals surface area contributed by atoms with Gasteiger partial charge in [-0.1, -0.05) is 72.8 Å². The van der Waals surface area contributed by atoms with Crippen LogP contribution < -0.4 is 4.74 Å². The predicted octanol–water partition coefficient (Wildman–Crippen LogP) is 4.74. The van der Waals surface area contributed by atoms with Gasteiger partial charge in [-0.25, -0.2) is 0 Å². The number of ether oxygens (including phenoxy) is 6. The van der Waals surface area contributed by atoms with Crippen LogP contribution in [0.5, 0.6) is 5.75 Å². The number of fused-ring (bicyclic) bond motifs is 2. The zero-order valence-electron chi connectivity index (χ0n) is 23.1. The zero-order valence-corrected chi connectivity index (χ0v) is 23.9. The van der Waals surface area contributed by atoms with E-state index in [0.717, 1.165) is 5.56 Å². The van der Waals surface area contributed by atoms with Crippen molar-refractivity contribution in [1.82, 2.24) is 0 Å².